The monoisotopic (exact) mass is 450 g/mol. The van der Waals surface area contributed by atoms with Gasteiger partial charge in [-0.2, -0.15) is 0 Å². The molecule has 1 aliphatic heterocycles. The summed E-state index contributed by atoms with van der Waals surface area (Å²) in [6.07, 6.45) is 2.38. The number of amides is 2. The molecule has 34 heavy (non-hydrogen) atoms. The van der Waals surface area contributed by atoms with E-state index in [-0.39, 0.29) is 5.91 Å². The van der Waals surface area contributed by atoms with Gasteiger partial charge in [-0.15, -0.1) is 0 Å². The molecule has 0 spiro atoms. The smallest absolute Gasteiger partial charge is 0.276 e. The average Bonchev–Trinajstić information content (AvgIpc) is 2.90. The van der Waals surface area contributed by atoms with E-state index in [1.165, 1.54) is 17.4 Å². The van der Waals surface area contributed by atoms with Crippen LogP contribution in [0.2, 0.25) is 0 Å². The first-order valence-corrected chi connectivity index (χ1v) is 10.9. The Hall–Kier alpha value is -4.65. The van der Waals surface area contributed by atoms with Crippen molar-refractivity contribution in [3.05, 3.63) is 126 Å². The highest BCUT2D eigenvalue weighted by atomic mass is 16.5. The number of para-hydroxylation sites is 2. The predicted molar refractivity (Wildman–Crippen MR) is 128 cm³/mol. The number of hydrogen-bond donors (Lipinski definition) is 2. The van der Waals surface area contributed by atoms with E-state index in [9.17, 15) is 9.59 Å². The molecule has 0 aliphatic carbocycles. The number of nitrogens with one attached hydrogen (secondary N) is 2. The second kappa shape index (κ2) is 9.46. The lowest BCUT2D eigenvalue weighted by molar-refractivity contribution is 0.0487. The zero-order valence-corrected chi connectivity index (χ0v) is 18.2. The Balaban J connectivity index is 1.49. The molecule has 0 radical (unpaired) electrons. The topological polar surface area (TPSA) is 83.6 Å². The Morgan fingerprint density at radius 3 is 2.44 bits per heavy atom. The molecule has 168 valence electrons. The van der Waals surface area contributed by atoms with Crippen LogP contribution < -0.4 is 15.5 Å². The van der Waals surface area contributed by atoms with Crippen LogP contribution in [0.25, 0.3) is 0 Å². The molecular formula is C27H22N4O3. The Morgan fingerprint density at radius 2 is 1.62 bits per heavy atom. The first kappa shape index (κ1) is 21.2. The van der Waals surface area contributed by atoms with Crippen LogP contribution in [0.3, 0.4) is 0 Å². The molecule has 0 bridgehead atoms. The molecule has 0 fully saturated rings. The molecule has 1 atom stereocenters. The Labute approximate surface area is 197 Å². The normalized spacial score (nSPS) is 14.6. The van der Waals surface area contributed by atoms with E-state index in [2.05, 4.69) is 15.7 Å². The third-order valence-electron chi connectivity index (χ3n) is 5.54. The van der Waals surface area contributed by atoms with Crippen LogP contribution in [-0.4, -0.2) is 21.8 Å². The lowest BCUT2D eigenvalue weighted by Gasteiger charge is -2.38. The van der Waals surface area contributed by atoms with Gasteiger partial charge in [0, 0.05) is 29.2 Å². The zero-order chi connectivity index (χ0) is 23.3. The maximum Gasteiger partial charge on any atom is 0.276 e. The van der Waals surface area contributed by atoms with Gasteiger partial charge in [0.15, 0.2) is 6.17 Å². The van der Waals surface area contributed by atoms with E-state index < -0.39 is 12.1 Å². The summed E-state index contributed by atoms with van der Waals surface area (Å²) in [7, 11) is 0. The number of carbonyl (C=O) groups is 2. The van der Waals surface area contributed by atoms with E-state index in [0.29, 0.717) is 29.2 Å². The van der Waals surface area contributed by atoms with Gasteiger partial charge in [-0.05, 0) is 35.9 Å². The lowest BCUT2D eigenvalue weighted by Crippen LogP contribution is -2.53. The molecule has 7 nitrogen and oxygen atoms in total. The molecule has 4 aromatic rings. The number of hydrogen-bond acceptors (Lipinski definition) is 5. The molecule has 3 aromatic carbocycles. The van der Waals surface area contributed by atoms with Gasteiger partial charge in [0.05, 0.1) is 5.56 Å². The summed E-state index contributed by atoms with van der Waals surface area (Å²) in [4.78, 5) is 30.4. The fourth-order valence-electron chi connectivity index (χ4n) is 3.84. The van der Waals surface area contributed by atoms with Gasteiger partial charge in [0.25, 0.3) is 11.8 Å². The van der Waals surface area contributed by atoms with E-state index in [1.807, 2.05) is 66.7 Å². The minimum absolute atomic E-state index is 0.320. The molecule has 2 amide bonds. The molecule has 0 saturated carbocycles. The van der Waals surface area contributed by atoms with Crippen LogP contribution in [-0.2, 0) is 6.61 Å². The zero-order valence-electron chi connectivity index (χ0n) is 18.2. The number of nitrogens with zero attached hydrogens (tertiary/aromatic N) is 2. The van der Waals surface area contributed by atoms with Crippen molar-refractivity contribution in [2.24, 2.45) is 0 Å². The van der Waals surface area contributed by atoms with Crippen molar-refractivity contribution >= 4 is 17.5 Å². The van der Waals surface area contributed by atoms with E-state index in [0.717, 1.165) is 11.1 Å². The summed E-state index contributed by atoms with van der Waals surface area (Å²) in [6, 6.07) is 27.7. The maximum atomic E-state index is 13.5. The molecule has 0 saturated heterocycles. The largest absolute Gasteiger partial charge is 0.488 e. The summed E-state index contributed by atoms with van der Waals surface area (Å²) in [5.41, 5.74) is 6.07. The van der Waals surface area contributed by atoms with Crippen molar-refractivity contribution in [1.29, 1.82) is 0 Å². The van der Waals surface area contributed by atoms with Gasteiger partial charge in [0.1, 0.15) is 12.4 Å². The van der Waals surface area contributed by atoms with Crippen molar-refractivity contribution in [2.75, 3.05) is 5.32 Å². The number of hydrazine groups is 1. The van der Waals surface area contributed by atoms with Gasteiger partial charge < -0.3 is 10.1 Å². The molecule has 2 heterocycles. The number of fused-ring (bicyclic) bond motifs is 1. The van der Waals surface area contributed by atoms with E-state index in [4.69, 9.17) is 4.74 Å². The Bertz CT molecular complexity index is 1310. The van der Waals surface area contributed by atoms with Crippen LogP contribution >= 0.6 is 0 Å². The number of carbonyl (C=O) groups excluding carboxylic acids is 2. The SMILES string of the molecule is O=C(NN1C(=O)c2ccccc2N[C@@H]1c1ccccc1OCc1ccccc1)c1ccncc1. The van der Waals surface area contributed by atoms with Crippen LogP contribution in [0.1, 0.15) is 38.0 Å². The van der Waals surface area contributed by atoms with Gasteiger partial charge in [0.2, 0.25) is 0 Å². The Morgan fingerprint density at radius 1 is 0.912 bits per heavy atom. The molecule has 5 rings (SSSR count). The Kier molecular flexibility index (Phi) is 5.90. The minimum Gasteiger partial charge on any atom is -0.488 e. The molecule has 7 heteroatoms. The van der Waals surface area contributed by atoms with Crippen molar-refractivity contribution in [1.82, 2.24) is 15.4 Å². The highest BCUT2D eigenvalue weighted by molar-refractivity contribution is 6.04. The second-order valence-electron chi connectivity index (χ2n) is 7.76. The van der Waals surface area contributed by atoms with Crippen LogP contribution in [0.4, 0.5) is 5.69 Å². The first-order chi connectivity index (χ1) is 16.7. The van der Waals surface area contributed by atoms with Gasteiger partial charge in [-0.1, -0.05) is 60.7 Å². The highest BCUT2D eigenvalue weighted by Gasteiger charge is 2.35. The van der Waals surface area contributed by atoms with Gasteiger partial charge >= 0.3 is 0 Å². The average molecular weight is 450 g/mol. The molecule has 1 aromatic heterocycles. The van der Waals surface area contributed by atoms with Crippen molar-refractivity contribution in [3.8, 4) is 5.75 Å². The molecule has 1 aliphatic rings. The number of pyridine rings is 1. The first-order valence-electron chi connectivity index (χ1n) is 10.9. The minimum atomic E-state index is -0.680. The molecular weight excluding hydrogens is 428 g/mol. The predicted octanol–water partition coefficient (Wildman–Crippen LogP) is 4.57. The quantitative estimate of drug-likeness (QED) is 0.450. The standard InChI is InChI=1S/C27H22N4O3/c32-26(20-14-16-28-17-15-20)30-31-25(29-23-12-6-4-10-21(23)27(31)33)22-11-5-7-13-24(22)34-18-19-8-2-1-3-9-19/h1-17,25,29H,18H2,(H,30,32)/t25-/m0/s1. The van der Waals surface area contributed by atoms with Gasteiger partial charge in [-0.25, -0.2) is 5.01 Å². The van der Waals surface area contributed by atoms with Crippen molar-refractivity contribution in [3.63, 3.8) is 0 Å². The number of aromatic nitrogens is 1. The number of ether oxygens (including phenoxy) is 1. The third kappa shape index (κ3) is 4.31. The summed E-state index contributed by atoms with van der Waals surface area (Å²) < 4.78 is 6.14. The number of benzene rings is 3. The fourth-order valence-corrected chi connectivity index (χ4v) is 3.84. The van der Waals surface area contributed by atoms with Crippen LogP contribution in [0.5, 0.6) is 5.75 Å². The fraction of sp³-hybridized carbons (Fsp3) is 0.0741. The highest BCUT2D eigenvalue weighted by Crippen LogP contribution is 2.36. The van der Waals surface area contributed by atoms with E-state index >= 15 is 0 Å². The number of anilines is 1. The lowest BCUT2D eigenvalue weighted by atomic mass is 10.0. The maximum absolute atomic E-state index is 13.5. The van der Waals surface area contributed by atoms with Crippen molar-refractivity contribution < 1.29 is 14.3 Å². The van der Waals surface area contributed by atoms with Crippen molar-refractivity contribution in [2.45, 2.75) is 12.8 Å². The van der Waals surface area contributed by atoms with E-state index in [1.54, 1.807) is 24.3 Å². The molecule has 0 unspecified atom stereocenters. The third-order valence-corrected chi connectivity index (χ3v) is 5.54. The summed E-state index contributed by atoms with van der Waals surface area (Å²) in [6.45, 7) is 0.373. The number of rotatable bonds is 6. The summed E-state index contributed by atoms with van der Waals surface area (Å²) in [5.74, 6) is -0.122. The summed E-state index contributed by atoms with van der Waals surface area (Å²) in [5, 5.41) is 4.70. The summed E-state index contributed by atoms with van der Waals surface area (Å²) >= 11 is 0. The van der Waals surface area contributed by atoms with Crippen LogP contribution in [0.15, 0.2) is 103 Å². The van der Waals surface area contributed by atoms with Crippen LogP contribution in [0, 0.1) is 0 Å². The van der Waals surface area contributed by atoms with Gasteiger partial charge in [-0.3, -0.25) is 20.0 Å². The molecule has 2 N–H and O–H groups in total. The second-order valence-corrected chi connectivity index (χ2v) is 7.76.